The van der Waals surface area contributed by atoms with Crippen molar-refractivity contribution in [1.29, 1.82) is 0 Å². The first-order valence-electron chi connectivity index (χ1n) is 26.8. The molecule has 78 heavy (non-hydrogen) atoms. The van der Waals surface area contributed by atoms with Crippen LogP contribution in [0.3, 0.4) is 0 Å². The number of ether oxygens (including phenoxy) is 3. The number of aryl methyl sites for hydroxylation is 2. The first-order chi connectivity index (χ1) is 36.6. The molecule has 0 spiro atoms. The van der Waals surface area contributed by atoms with E-state index in [9.17, 15) is 35.5 Å². The normalized spacial score (nSPS) is 15.0. The van der Waals surface area contributed by atoms with E-state index in [2.05, 4.69) is 28.9 Å². The first-order valence-corrected chi connectivity index (χ1v) is 30.0. The standard InChI is InChI=1S/C60H83N5O11S2/c1-11-43-20-27-52(62)50(37-43)60(9,10)54(74-31-13-33-77(68,69)70)29-22-44-21-28-53(47(36-44)23-30-55(75-32-14-34-78(71,72)73)59(7,8)49-35-40(4)17-26-51(49)61)76-38-45-18-24-48(25-19-45)65-57(66)42(6)64-58(67)56(39(2)3)63-41(5)46-15-12-16-46/h17-30,35-37,39,42,54-56,63H,11-16,31-34,38,61-62H2,1-10H3,(H,64,67)(H,65,66)(H,68,69,70)(H,71,72,73)/b29-22+,30-23+. The van der Waals surface area contributed by atoms with Gasteiger partial charge in [-0.15, -0.1) is 0 Å². The van der Waals surface area contributed by atoms with E-state index < -0.39 is 66.9 Å². The average Bonchev–Trinajstić information content (AvgIpc) is 3.41. The summed E-state index contributed by atoms with van der Waals surface area (Å²) < 4.78 is 84.8. The fourth-order valence-corrected chi connectivity index (χ4v) is 10.2. The Kier molecular flexibility index (Phi) is 22.3. The van der Waals surface area contributed by atoms with Crippen molar-refractivity contribution in [3.8, 4) is 5.75 Å². The fraction of sp³-hybridized carbons (Fsp3) is 0.467. The van der Waals surface area contributed by atoms with Crippen LogP contribution in [-0.4, -0.2) is 86.8 Å². The summed E-state index contributed by atoms with van der Waals surface area (Å²) in [6, 6.07) is 23.3. The molecule has 4 aromatic carbocycles. The summed E-state index contributed by atoms with van der Waals surface area (Å²) in [5, 5.41) is 9.16. The molecule has 1 aliphatic rings. The molecule has 1 aliphatic carbocycles. The minimum atomic E-state index is -4.22. The van der Waals surface area contributed by atoms with E-state index in [0.717, 1.165) is 64.8 Å². The highest BCUT2D eigenvalue weighted by Crippen LogP contribution is 2.38. The van der Waals surface area contributed by atoms with Crippen molar-refractivity contribution < 1.29 is 49.7 Å². The molecule has 18 heteroatoms. The monoisotopic (exact) mass is 1110 g/mol. The first kappa shape index (κ1) is 62.8. The summed E-state index contributed by atoms with van der Waals surface area (Å²) in [6.07, 6.45) is 10.4. The van der Waals surface area contributed by atoms with Crippen molar-refractivity contribution in [3.05, 3.63) is 141 Å². The topological polar surface area (TPSA) is 259 Å². The molecular formula is C60H83N5O11S2. The Bertz CT molecular complexity index is 3020. The van der Waals surface area contributed by atoms with Gasteiger partial charge in [0.1, 0.15) is 24.4 Å². The Labute approximate surface area is 463 Å². The Balaban J connectivity index is 1.45. The second kappa shape index (κ2) is 27.7. The molecule has 0 bridgehead atoms. The molecular weight excluding hydrogens is 1030 g/mol. The van der Waals surface area contributed by atoms with Crippen LogP contribution in [0, 0.1) is 12.8 Å². The van der Waals surface area contributed by atoms with E-state index >= 15 is 0 Å². The predicted octanol–water partition coefficient (Wildman–Crippen LogP) is 10.1. The zero-order chi connectivity index (χ0) is 57.6. The van der Waals surface area contributed by atoms with Gasteiger partial charge < -0.3 is 41.6 Å². The second-order valence-electron chi connectivity index (χ2n) is 21.8. The van der Waals surface area contributed by atoms with Crippen LogP contribution in [0.5, 0.6) is 5.75 Å². The van der Waals surface area contributed by atoms with Crippen LogP contribution in [0.2, 0.25) is 0 Å². The number of amides is 2. The molecule has 16 nitrogen and oxygen atoms in total. The van der Waals surface area contributed by atoms with Crippen LogP contribution >= 0.6 is 0 Å². The van der Waals surface area contributed by atoms with Gasteiger partial charge in [-0.2, -0.15) is 16.8 Å². The zero-order valence-electron chi connectivity index (χ0n) is 47.0. The van der Waals surface area contributed by atoms with Gasteiger partial charge in [-0.3, -0.25) is 18.7 Å². The molecule has 1 fully saturated rings. The zero-order valence-corrected chi connectivity index (χ0v) is 48.7. The minimum Gasteiger partial charge on any atom is -0.488 e. The van der Waals surface area contributed by atoms with Crippen molar-refractivity contribution in [2.75, 3.05) is 41.5 Å². The lowest BCUT2D eigenvalue weighted by molar-refractivity contribution is -0.128. The quantitative estimate of drug-likeness (QED) is 0.0152. The largest absolute Gasteiger partial charge is 0.488 e. The molecule has 4 unspecified atom stereocenters. The predicted molar refractivity (Wildman–Crippen MR) is 313 cm³/mol. The number of nitrogen functional groups attached to an aromatic ring is 2. The molecule has 2 amide bonds. The number of benzene rings is 4. The smallest absolute Gasteiger partial charge is 0.264 e. The van der Waals surface area contributed by atoms with Gasteiger partial charge in [0.25, 0.3) is 20.2 Å². The van der Waals surface area contributed by atoms with Crippen molar-refractivity contribution >= 4 is 61.3 Å². The summed E-state index contributed by atoms with van der Waals surface area (Å²) in [5.74, 6) is -1.02. The maximum absolute atomic E-state index is 13.4. The maximum atomic E-state index is 13.4. The molecule has 5 rings (SSSR count). The number of allylic oxidation sites excluding steroid dienone is 2. The fourth-order valence-electron chi connectivity index (χ4n) is 9.21. The molecule has 4 atom stereocenters. The van der Waals surface area contributed by atoms with E-state index in [-0.39, 0.29) is 50.4 Å². The lowest BCUT2D eigenvalue weighted by Crippen LogP contribution is -2.52. The van der Waals surface area contributed by atoms with Gasteiger partial charge in [0.2, 0.25) is 11.8 Å². The number of carbonyl (C=O) groups excluding carboxylic acids is 2. The molecule has 0 radical (unpaired) electrons. The molecule has 0 aromatic heterocycles. The third-order valence-corrected chi connectivity index (χ3v) is 16.0. The second-order valence-corrected chi connectivity index (χ2v) is 25.0. The number of hydrogen-bond acceptors (Lipinski definition) is 12. The van der Waals surface area contributed by atoms with Crippen molar-refractivity contribution in [2.24, 2.45) is 5.92 Å². The van der Waals surface area contributed by atoms with Crippen LogP contribution in [0.25, 0.3) is 12.2 Å². The summed E-state index contributed by atoms with van der Waals surface area (Å²) in [5.41, 5.74) is 21.7. The van der Waals surface area contributed by atoms with Crippen molar-refractivity contribution in [1.82, 2.24) is 10.6 Å². The summed E-state index contributed by atoms with van der Waals surface area (Å²) in [7, 11) is -8.43. The van der Waals surface area contributed by atoms with Gasteiger partial charge in [0.15, 0.2) is 0 Å². The molecule has 1 saturated carbocycles. The summed E-state index contributed by atoms with van der Waals surface area (Å²) >= 11 is 0. The van der Waals surface area contributed by atoms with Crippen LogP contribution < -0.4 is 32.2 Å². The third-order valence-electron chi connectivity index (χ3n) is 14.4. The SMILES string of the molecule is CCc1ccc(N)c(C(C)(C)C(/C=C/c2ccc(OCc3ccc(NC(=O)C(C)NC(=O)C(NC(C)=C4CCC4)C(C)C)cc3)c(/C=C/C(OCCCS(=O)(=O)O)C(C)(C)c3cc(C)ccc3N)c2)OCCCS(=O)(=O)O)c1. The van der Waals surface area contributed by atoms with Gasteiger partial charge in [-0.25, -0.2) is 0 Å². The number of nitrogens with one attached hydrogen (secondary N) is 3. The van der Waals surface area contributed by atoms with E-state index in [1.165, 1.54) is 5.57 Å². The molecule has 426 valence electrons. The van der Waals surface area contributed by atoms with Crippen LogP contribution in [0.1, 0.15) is 133 Å². The molecule has 4 aromatic rings. The highest BCUT2D eigenvalue weighted by Gasteiger charge is 2.34. The lowest BCUT2D eigenvalue weighted by atomic mass is 9.77. The van der Waals surface area contributed by atoms with Gasteiger partial charge in [0.05, 0.1) is 23.7 Å². The van der Waals surface area contributed by atoms with E-state index in [1.54, 1.807) is 19.1 Å². The number of carbonyl (C=O) groups is 2. The van der Waals surface area contributed by atoms with Gasteiger partial charge in [0, 0.05) is 52.4 Å². The third kappa shape index (κ3) is 18.5. The molecule has 0 saturated heterocycles. The Morgan fingerprint density at radius 2 is 1.27 bits per heavy atom. The average molecular weight is 1110 g/mol. The minimum absolute atomic E-state index is 0.000660. The number of anilines is 3. The highest BCUT2D eigenvalue weighted by atomic mass is 32.2. The summed E-state index contributed by atoms with van der Waals surface area (Å²) in [6.45, 7) is 19.8. The Hall–Kier alpha value is -6.02. The lowest BCUT2D eigenvalue weighted by Gasteiger charge is -2.34. The summed E-state index contributed by atoms with van der Waals surface area (Å²) in [4.78, 5) is 26.7. The Morgan fingerprint density at radius 1 is 0.718 bits per heavy atom. The van der Waals surface area contributed by atoms with Gasteiger partial charge in [-0.1, -0.05) is 126 Å². The van der Waals surface area contributed by atoms with E-state index in [1.807, 2.05) is 140 Å². The number of rotatable bonds is 29. The maximum Gasteiger partial charge on any atom is 0.264 e. The van der Waals surface area contributed by atoms with Crippen molar-refractivity contribution in [3.63, 3.8) is 0 Å². The van der Waals surface area contributed by atoms with Crippen LogP contribution in [-0.2, 0) is 63.2 Å². The highest BCUT2D eigenvalue weighted by molar-refractivity contribution is 7.86. The Morgan fingerprint density at radius 3 is 1.81 bits per heavy atom. The van der Waals surface area contributed by atoms with Gasteiger partial charge >= 0.3 is 0 Å². The van der Waals surface area contributed by atoms with E-state index in [4.69, 9.17) is 25.7 Å². The molecule has 0 aliphatic heterocycles. The van der Waals surface area contributed by atoms with E-state index in [0.29, 0.717) is 28.4 Å². The van der Waals surface area contributed by atoms with Gasteiger partial charge in [-0.05, 0) is 129 Å². The molecule has 0 heterocycles. The van der Waals surface area contributed by atoms with Crippen LogP contribution in [0.15, 0.2) is 102 Å². The number of nitrogens with two attached hydrogens (primary N) is 2. The number of hydrogen-bond donors (Lipinski definition) is 7. The van der Waals surface area contributed by atoms with Crippen molar-refractivity contribution in [2.45, 2.75) is 149 Å². The molecule has 9 N–H and O–H groups in total. The van der Waals surface area contributed by atoms with Crippen LogP contribution in [0.4, 0.5) is 17.1 Å².